The predicted molar refractivity (Wildman–Crippen MR) is 211 cm³/mol. The molecule has 51 heavy (non-hydrogen) atoms. The Bertz CT molecular complexity index is 2310. The molecule has 7 aromatic rings. The zero-order valence-corrected chi connectivity index (χ0v) is 31.5. The lowest BCUT2D eigenvalue weighted by molar-refractivity contribution is 0.416. The van der Waals surface area contributed by atoms with Crippen LogP contribution in [0.2, 0.25) is 0 Å². The number of para-hydroxylation sites is 1. The summed E-state index contributed by atoms with van der Waals surface area (Å²) in [7, 11) is 1.70. The highest BCUT2D eigenvalue weighted by atomic mass is 16.5. The van der Waals surface area contributed by atoms with E-state index < -0.39 is 0 Å². The Morgan fingerprint density at radius 2 is 1.04 bits per heavy atom. The summed E-state index contributed by atoms with van der Waals surface area (Å²) in [5, 5.41) is 2.18. The third kappa shape index (κ3) is 6.51. The van der Waals surface area contributed by atoms with Crippen LogP contribution in [0.3, 0.4) is 0 Å². The lowest BCUT2D eigenvalue weighted by Gasteiger charge is -2.20. The molecule has 0 bridgehead atoms. The van der Waals surface area contributed by atoms with Crippen molar-refractivity contribution in [3.05, 3.63) is 120 Å². The fourth-order valence-corrected chi connectivity index (χ4v) is 6.59. The molecule has 3 heterocycles. The molecule has 0 aliphatic carbocycles. The molecule has 0 amide bonds. The van der Waals surface area contributed by atoms with Gasteiger partial charge in [0, 0.05) is 34.2 Å². The Labute approximate surface area is 301 Å². The van der Waals surface area contributed by atoms with Crippen molar-refractivity contribution >= 4 is 21.8 Å². The van der Waals surface area contributed by atoms with Crippen LogP contribution >= 0.6 is 0 Å². The van der Waals surface area contributed by atoms with Crippen LogP contribution in [0.1, 0.15) is 79.0 Å². The molecule has 258 valence electrons. The molecular formula is C45H47N5O. The van der Waals surface area contributed by atoms with Crippen molar-refractivity contribution in [3.63, 3.8) is 0 Å². The number of benzene rings is 4. The highest BCUT2D eigenvalue weighted by Gasteiger charge is 2.23. The quantitative estimate of drug-likeness (QED) is 0.182. The van der Waals surface area contributed by atoms with Gasteiger partial charge in [0.2, 0.25) is 0 Å². The molecule has 0 N–H and O–H groups in total. The van der Waals surface area contributed by atoms with Crippen LogP contribution in [0.5, 0.6) is 5.75 Å². The van der Waals surface area contributed by atoms with Gasteiger partial charge in [-0.15, -0.1) is 0 Å². The molecule has 0 spiro atoms. The molecule has 6 nitrogen and oxygen atoms in total. The maximum absolute atomic E-state index is 6.14. The first-order valence-electron chi connectivity index (χ1n) is 17.7. The van der Waals surface area contributed by atoms with Gasteiger partial charge in [-0.25, -0.2) is 19.9 Å². The molecule has 0 fully saturated rings. The first-order valence-corrected chi connectivity index (χ1v) is 17.7. The molecule has 6 heteroatoms. The van der Waals surface area contributed by atoms with Crippen LogP contribution in [0, 0.1) is 0 Å². The lowest BCUT2D eigenvalue weighted by Crippen LogP contribution is -2.12. The molecular weight excluding hydrogens is 627 g/mol. The summed E-state index contributed by atoms with van der Waals surface area (Å²) in [5.41, 5.74) is 8.51. The maximum Gasteiger partial charge on any atom is 0.167 e. The van der Waals surface area contributed by atoms with E-state index in [1.807, 2.05) is 6.20 Å². The molecule has 0 aliphatic rings. The zero-order valence-electron chi connectivity index (χ0n) is 31.5. The van der Waals surface area contributed by atoms with E-state index in [1.165, 1.54) is 16.7 Å². The average Bonchev–Trinajstić information content (AvgIpc) is 3.43. The number of pyridine rings is 1. The Morgan fingerprint density at radius 3 is 1.57 bits per heavy atom. The molecule has 0 radical (unpaired) electrons. The van der Waals surface area contributed by atoms with Crippen molar-refractivity contribution in [2.75, 3.05) is 7.11 Å². The largest absolute Gasteiger partial charge is 0.496 e. The van der Waals surface area contributed by atoms with Crippen molar-refractivity contribution in [1.29, 1.82) is 0 Å². The summed E-state index contributed by atoms with van der Waals surface area (Å²) in [4.78, 5) is 20.2. The van der Waals surface area contributed by atoms with Crippen molar-refractivity contribution in [2.45, 2.75) is 78.6 Å². The number of methoxy groups -OCH3 is 1. The number of rotatable bonds is 5. The van der Waals surface area contributed by atoms with Crippen molar-refractivity contribution in [2.24, 2.45) is 0 Å². The predicted octanol–water partition coefficient (Wildman–Crippen LogP) is 11.3. The highest BCUT2D eigenvalue weighted by molar-refractivity contribution is 6.11. The van der Waals surface area contributed by atoms with Gasteiger partial charge >= 0.3 is 0 Å². The Kier molecular flexibility index (Phi) is 8.32. The second kappa shape index (κ2) is 12.4. The smallest absolute Gasteiger partial charge is 0.167 e. The Hall–Kier alpha value is -5.36. The van der Waals surface area contributed by atoms with Crippen LogP contribution in [0.4, 0.5) is 0 Å². The second-order valence-electron chi connectivity index (χ2n) is 16.5. The normalized spacial score (nSPS) is 12.5. The Morgan fingerprint density at radius 1 is 0.510 bits per heavy atom. The minimum atomic E-state index is -0.0183. The van der Waals surface area contributed by atoms with Gasteiger partial charge < -0.3 is 4.74 Å². The number of fused-ring (bicyclic) bond motifs is 3. The van der Waals surface area contributed by atoms with Gasteiger partial charge in [0.1, 0.15) is 11.6 Å². The minimum Gasteiger partial charge on any atom is -0.496 e. The van der Waals surface area contributed by atoms with Crippen LogP contribution in [0.25, 0.3) is 61.8 Å². The van der Waals surface area contributed by atoms with E-state index >= 15 is 0 Å². The van der Waals surface area contributed by atoms with Gasteiger partial charge in [-0.1, -0.05) is 129 Å². The summed E-state index contributed by atoms with van der Waals surface area (Å²) in [6.45, 7) is 20.0. The van der Waals surface area contributed by atoms with Crippen molar-refractivity contribution in [1.82, 2.24) is 24.5 Å². The summed E-state index contributed by atoms with van der Waals surface area (Å²) in [6, 6.07) is 34.1. The molecule has 0 unspecified atom stereocenters. The molecule has 0 saturated heterocycles. The Balaban J connectivity index is 1.46. The van der Waals surface area contributed by atoms with Gasteiger partial charge in [0.15, 0.2) is 17.5 Å². The highest BCUT2D eigenvalue weighted by Crippen LogP contribution is 2.40. The SMILES string of the molecule is COc1cc2c(cc1-c1nc(-c3ccc(C(C)(C)C)cc3)nc(-c3ccc(C(C)(C)C)cc3)n1)c1ccccc1n2-c1cc(C(C)(C)C)ccn1. The van der Waals surface area contributed by atoms with Crippen LogP contribution in [-0.2, 0) is 16.2 Å². The van der Waals surface area contributed by atoms with Gasteiger partial charge in [-0.05, 0) is 57.2 Å². The minimum absolute atomic E-state index is 0.0183. The number of hydrogen-bond donors (Lipinski definition) is 0. The van der Waals surface area contributed by atoms with E-state index in [-0.39, 0.29) is 16.2 Å². The monoisotopic (exact) mass is 673 g/mol. The standard InChI is InChI=1S/C45H47N5O/c1-43(2,3)30-19-15-28(16-20-30)40-47-41(29-17-21-31(22-18-29)44(4,5)6)49-42(48-40)35-26-34-33-13-11-12-14-36(33)50(37(34)27-38(35)51-10)39-25-32(23-24-46-39)45(7,8)9/h11-27H,1-10H3. The molecule has 4 aromatic carbocycles. The summed E-state index contributed by atoms with van der Waals surface area (Å²) in [6.07, 6.45) is 1.90. The maximum atomic E-state index is 6.14. The number of hydrogen-bond acceptors (Lipinski definition) is 5. The molecule has 0 saturated carbocycles. The first kappa shape index (κ1) is 34.1. The summed E-state index contributed by atoms with van der Waals surface area (Å²) >= 11 is 0. The van der Waals surface area contributed by atoms with Crippen molar-refractivity contribution in [3.8, 4) is 45.7 Å². The molecule has 3 aromatic heterocycles. The van der Waals surface area contributed by atoms with Gasteiger partial charge in [-0.2, -0.15) is 0 Å². The van der Waals surface area contributed by atoms with Gasteiger partial charge in [0.05, 0.1) is 23.7 Å². The molecule has 7 rings (SSSR count). The number of ether oxygens (including phenoxy) is 1. The van der Waals surface area contributed by atoms with E-state index in [4.69, 9.17) is 24.7 Å². The first-order chi connectivity index (χ1) is 24.1. The van der Waals surface area contributed by atoms with E-state index in [9.17, 15) is 0 Å². The lowest BCUT2D eigenvalue weighted by atomic mass is 9.86. The van der Waals surface area contributed by atoms with Crippen LogP contribution in [-0.4, -0.2) is 31.6 Å². The topological polar surface area (TPSA) is 65.7 Å². The summed E-state index contributed by atoms with van der Waals surface area (Å²) in [5.74, 6) is 3.32. The van der Waals surface area contributed by atoms with Gasteiger partial charge in [-0.3, -0.25) is 4.57 Å². The summed E-state index contributed by atoms with van der Waals surface area (Å²) < 4.78 is 8.36. The van der Waals surface area contributed by atoms with E-state index in [0.29, 0.717) is 23.2 Å². The molecule has 0 atom stereocenters. The van der Waals surface area contributed by atoms with Crippen molar-refractivity contribution < 1.29 is 4.74 Å². The van der Waals surface area contributed by atoms with E-state index in [2.05, 4.69) is 164 Å². The van der Waals surface area contributed by atoms with Gasteiger partial charge in [0.25, 0.3) is 0 Å². The number of aromatic nitrogens is 5. The van der Waals surface area contributed by atoms with E-state index in [0.717, 1.165) is 44.3 Å². The fraction of sp³-hybridized carbons (Fsp3) is 0.289. The fourth-order valence-electron chi connectivity index (χ4n) is 6.59. The van der Waals surface area contributed by atoms with Crippen LogP contribution in [0.15, 0.2) is 103 Å². The zero-order chi connectivity index (χ0) is 36.3. The average molecular weight is 674 g/mol. The van der Waals surface area contributed by atoms with Crippen LogP contribution < -0.4 is 4.74 Å². The third-order valence-electron chi connectivity index (χ3n) is 9.73. The molecule has 0 aliphatic heterocycles. The third-order valence-corrected chi connectivity index (χ3v) is 9.73. The van der Waals surface area contributed by atoms with E-state index in [1.54, 1.807) is 7.11 Å². The number of nitrogens with zero attached hydrogens (tertiary/aromatic N) is 5. The second-order valence-corrected chi connectivity index (χ2v) is 16.5.